The van der Waals surface area contributed by atoms with Gasteiger partial charge in [0.2, 0.25) is 0 Å². The van der Waals surface area contributed by atoms with E-state index in [1.165, 1.54) is 0 Å². The third-order valence-electron chi connectivity index (χ3n) is 3.83. The number of aliphatic hydroxyl groups excluding tert-OH is 1. The average molecular weight is 261 g/mol. The van der Waals surface area contributed by atoms with Crippen molar-refractivity contribution in [3.63, 3.8) is 0 Å². The summed E-state index contributed by atoms with van der Waals surface area (Å²) in [4.78, 5) is 6.89. The summed E-state index contributed by atoms with van der Waals surface area (Å²) in [6, 6.07) is 5.88. The topological polar surface area (TPSA) is 50.0 Å². The van der Waals surface area contributed by atoms with Gasteiger partial charge >= 0.3 is 0 Å². The molecule has 0 atom stereocenters. The Hall–Kier alpha value is -1.59. The molecule has 1 aliphatic heterocycles. The van der Waals surface area contributed by atoms with Crippen molar-refractivity contribution in [2.24, 2.45) is 0 Å². The molecule has 0 bridgehead atoms. The summed E-state index contributed by atoms with van der Waals surface area (Å²) in [6.45, 7) is 1.86. The summed E-state index contributed by atoms with van der Waals surface area (Å²) >= 11 is 0. The van der Waals surface area contributed by atoms with E-state index in [1.54, 1.807) is 7.11 Å². The van der Waals surface area contributed by atoms with Gasteiger partial charge in [0.1, 0.15) is 5.65 Å². The highest BCUT2D eigenvalue weighted by Gasteiger charge is 2.23. The quantitative estimate of drug-likeness (QED) is 0.908. The molecular formula is C14H19N3O2. The Morgan fingerprint density at radius 1 is 1.37 bits per heavy atom. The van der Waals surface area contributed by atoms with Gasteiger partial charge in [-0.1, -0.05) is 6.07 Å². The number of rotatable bonds is 3. The van der Waals surface area contributed by atoms with Crippen LogP contribution >= 0.6 is 0 Å². The second-order valence-electron chi connectivity index (χ2n) is 4.89. The molecule has 102 valence electrons. The SMILES string of the molecule is COC1CCN(c2nc3ccccn3c2CO)CC1. The Bertz CT molecular complexity index is 559. The second-order valence-corrected chi connectivity index (χ2v) is 4.89. The summed E-state index contributed by atoms with van der Waals surface area (Å²) in [6.07, 6.45) is 4.31. The van der Waals surface area contributed by atoms with Crippen molar-refractivity contribution in [3.8, 4) is 0 Å². The van der Waals surface area contributed by atoms with Gasteiger partial charge in [-0.15, -0.1) is 0 Å². The lowest BCUT2D eigenvalue weighted by Gasteiger charge is -2.31. The zero-order valence-electron chi connectivity index (χ0n) is 11.1. The first kappa shape index (κ1) is 12.4. The van der Waals surface area contributed by atoms with E-state index in [2.05, 4.69) is 9.88 Å². The van der Waals surface area contributed by atoms with E-state index >= 15 is 0 Å². The van der Waals surface area contributed by atoms with E-state index < -0.39 is 0 Å². The van der Waals surface area contributed by atoms with Crippen molar-refractivity contribution >= 4 is 11.5 Å². The number of hydrogen-bond donors (Lipinski definition) is 1. The highest BCUT2D eigenvalue weighted by molar-refractivity contribution is 5.56. The molecule has 5 nitrogen and oxygen atoms in total. The smallest absolute Gasteiger partial charge is 0.153 e. The number of piperidine rings is 1. The van der Waals surface area contributed by atoms with Crippen LogP contribution < -0.4 is 4.90 Å². The van der Waals surface area contributed by atoms with Crippen LogP contribution in [0, 0.1) is 0 Å². The molecule has 0 aliphatic carbocycles. The molecule has 1 saturated heterocycles. The van der Waals surface area contributed by atoms with Gasteiger partial charge in [-0.05, 0) is 25.0 Å². The number of hydrogen-bond acceptors (Lipinski definition) is 4. The fourth-order valence-electron chi connectivity index (χ4n) is 2.74. The maximum Gasteiger partial charge on any atom is 0.153 e. The number of methoxy groups -OCH3 is 1. The number of pyridine rings is 1. The van der Waals surface area contributed by atoms with Gasteiger partial charge in [0.25, 0.3) is 0 Å². The molecular weight excluding hydrogens is 242 g/mol. The molecule has 0 amide bonds. The summed E-state index contributed by atoms with van der Waals surface area (Å²) < 4.78 is 7.35. The molecule has 5 heteroatoms. The normalized spacial score (nSPS) is 17.3. The minimum atomic E-state index is 0.00468. The fraction of sp³-hybridized carbons (Fsp3) is 0.500. The van der Waals surface area contributed by atoms with Crippen molar-refractivity contribution in [2.45, 2.75) is 25.6 Å². The van der Waals surface area contributed by atoms with Gasteiger partial charge in [0.05, 0.1) is 18.4 Å². The Morgan fingerprint density at radius 2 is 2.16 bits per heavy atom. The molecule has 0 saturated carbocycles. The lowest BCUT2D eigenvalue weighted by molar-refractivity contribution is 0.0817. The molecule has 1 aliphatic rings. The second kappa shape index (κ2) is 5.19. The molecule has 0 unspecified atom stereocenters. The van der Waals surface area contributed by atoms with E-state index in [9.17, 15) is 5.11 Å². The molecule has 3 rings (SSSR count). The largest absolute Gasteiger partial charge is 0.390 e. The van der Waals surface area contributed by atoms with Gasteiger partial charge in [0.15, 0.2) is 5.82 Å². The average Bonchev–Trinajstić information content (AvgIpc) is 2.85. The van der Waals surface area contributed by atoms with Gasteiger partial charge in [-0.2, -0.15) is 0 Å². The Kier molecular flexibility index (Phi) is 3.40. The summed E-state index contributed by atoms with van der Waals surface area (Å²) in [7, 11) is 1.77. The number of aromatic nitrogens is 2. The van der Waals surface area contributed by atoms with Gasteiger partial charge in [-0.3, -0.25) is 4.40 Å². The summed E-state index contributed by atoms with van der Waals surface area (Å²) in [5.41, 5.74) is 1.75. The van der Waals surface area contributed by atoms with Crippen molar-refractivity contribution in [1.82, 2.24) is 9.38 Å². The molecule has 0 spiro atoms. The van der Waals surface area contributed by atoms with E-state index in [1.807, 2.05) is 28.8 Å². The molecule has 2 aromatic rings. The van der Waals surface area contributed by atoms with Crippen LogP contribution in [0.4, 0.5) is 5.82 Å². The zero-order valence-corrected chi connectivity index (χ0v) is 11.1. The third kappa shape index (κ3) is 2.19. The standard InChI is InChI=1S/C14H19N3O2/c1-19-11-5-8-16(9-6-11)14-12(10-18)17-7-3-2-4-13(17)15-14/h2-4,7,11,18H,5-6,8-10H2,1H3. The number of ether oxygens (including phenoxy) is 1. The fourth-order valence-corrected chi connectivity index (χ4v) is 2.74. The minimum Gasteiger partial charge on any atom is -0.390 e. The highest BCUT2D eigenvalue weighted by Crippen LogP contribution is 2.25. The Morgan fingerprint density at radius 3 is 2.84 bits per heavy atom. The van der Waals surface area contributed by atoms with Crippen molar-refractivity contribution < 1.29 is 9.84 Å². The first-order valence-corrected chi connectivity index (χ1v) is 6.68. The number of imidazole rings is 1. The predicted octanol–water partition coefficient (Wildman–Crippen LogP) is 1.44. The van der Waals surface area contributed by atoms with Crippen molar-refractivity contribution in [2.75, 3.05) is 25.1 Å². The van der Waals surface area contributed by atoms with Crippen LogP contribution in [-0.2, 0) is 11.3 Å². The number of anilines is 1. The predicted molar refractivity (Wildman–Crippen MR) is 73.4 cm³/mol. The lowest BCUT2D eigenvalue weighted by atomic mass is 10.1. The van der Waals surface area contributed by atoms with Crippen molar-refractivity contribution in [1.29, 1.82) is 0 Å². The summed E-state index contributed by atoms with van der Waals surface area (Å²) in [5, 5.41) is 9.62. The number of nitrogens with zero attached hydrogens (tertiary/aromatic N) is 3. The maximum atomic E-state index is 9.62. The first-order chi connectivity index (χ1) is 9.33. The lowest BCUT2D eigenvalue weighted by Crippen LogP contribution is -2.37. The molecule has 19 heavy (non-hydrogen) atoms. The van der Waals surface area contributed by atoms with Crippen LogP contribution in [0.1, 0.15) is 18.5 Å². The van der Waals surface area contributed by atoms with Crippen LogP contribution in [0.15, 0.2) is 24.4 Å². The molecule has 0 radical (unpaired) electrons. The van der Waals surface area contributed by atoms with Crippen LogP contribution in [-0.4, -0.2) is 40.8 Å². The molecule has 1 N–H and O–H groups in total. The van der Waals surface area contributed by atoms with Gasteiger partial charge in [0, 0.05) is 26.4 Å². The van der Waals surface area contributed by atoms with E-state index in [-0.39, 0.29) is 6.61 Å². The molecule has 0 aromatic carbocycles. The van der Waals surface area contributed by atoms with E-state index in [0.29, 0.717) is 6.10 Å². The Labute approximate surface area is 112 Å². The van der Waals surface area contributed by atoms with Crippen LogP contribution in [0.25, 0.3) is 5.65 Å². The third-order valence-corrected chi connectivity index (χ3v) is 3.83. The molecule has 3 heterocycles. The Balaban J connectivity index is 1.92. The van der Waals surface area contributed by atoms with Crippen molar-refractivity contribution in [3.05, 3.63) is 30.1 Å². The monoisotopic (exact) mass is 261 g/mol. The number of aliphatic hydroxyl groups is 1. The van der Waals surface area contributed by atoms with Gasteiger partial charge in [-0.25, -0.2) is 4.98 Å². The first-order valence-electron chi connectivity index (χ1n) is 6.68. The highest BCUT2D eigenvalue weighted by atomic mass is 16.5. The van der Waals surface area contributed by atoms with Gasteiger partial charge < -0.3 is 14.7 Å². The molecule has 1 fully saturated rings. The number of fused-ring (bicyclic) bond motifs is 1. The van der Waals surface area contributed by atoms with Crippen LogP contribution in [0.5, 0.6) is 0 Å². The van der Waals surface area contributed by atoms with Crippen LogP contribution in [0.3, 0.4) is 0 Å². The maximum absolute atomic E-state index is 9.62. The zero-order chi connectivity index (χ0) is 13.2. The van der Waals surface area contributed by atoms with E-state index in [0.717, 1.165) is 43.1 Å². The molecule has 2 aromatic heterocycles. The minimum absolute atomic E-state index is 0.00468. The van der Waals surface area contributed by atoms with E-state index in [4.69, 9.17) is 4.74 Å². The van der Waals surface area contributed by atoms with Crippen LogP contribution in [0.2, 0.25) is 0 Å². The summed E-state index contributed by atoms with van der Waals surface area (Å²) in [5.74, 6) is 0.906.